The molecule has 0 heterocycles. The molecule has 0 saturated heterocycles. The molecule has 50 heavy (non-hydrogen) atoms. The van der Waals surface area contributed by atoms with Crippen LogP contribution >= 0.6 is 9.19 Å². The molecule has 0 saturated carbocycles. The normalized spacial score (nSPS) is 16.9. The second-order valence-electron chi connectivity index (χ2n) is 15.0. The monoisotopic (exact) mass is 864 g/mol. The van der Waals surface area contributed by atoms with Crippen LogP contribution in [0.15, 0.2) is 143 Å². The van der Waals surface area contributed by atoms with Gasteiger partial charge < -0.3 is 10.6 Å². The van der Waals surface area contributed by atoms with E-state index in [1.165, 1.54) is 0 Å². The molecule has 0 spiro atoms. The van der Waals surface area contributed by atoms with Crippen LogP contribution in [0.3, 0.4) is 0 Å². The summed E-state index contributed by atoms with van der Waals surface area (Å²) >= 11 is 1.75. The Morgan fingerprint density at radius 3 is 1.26 bits per heavy atom. The fourth-order valence-electron chi connectivity index (χ4n) is 6.56. The molecule has 6 heteroatoms. The molecule has 0 radical (unpaired) electrons. The van der Waals surface area contributed by atoms with Gasteiger partial charge in [0.05, 0.1) is 0 Å². The zero-order valence-corrected chi connectivity index (χ0v) is 32.8. The van der Waals surface area contributed by atoms with Gasteiger partial charge in [-0.25, -0.2) is 0 Å². The summed E-state index contributed by atoms with van der Waals surface area (Å²) < 4.78 is 0. The Labute approximate surface area is 312 Å². The van der Waals surface area contributed by atoms with Crippen molar-refractivity contribution in [2.75, 3.05) is 10.6 Å². The molecule has 0 fully saturated rings. The molecule has 0 amide bonds. The van der Waals surface area contributed by atoms with Gasteiger partial charge in [-0.15, -0.1) is 0 Å². The quantitative estimate of drug-likeness (QED) is 0.155. The number of ketones is 2. The average molecular weight is 865 g/mol. The Balaban J connectivity index is 0.00000239. The second kappa shape index (κ2) is 15.0. The van der Waals surface area contributed by atoms with Crippen LogP contribution in [-0.2, 0) is 29.6 Å². The van der Waals surface area contributed by atoms with Crippen LogP contribution in [-0.4, -0.2) is 11.6 Å². The number of halogens is 1. The molecule has 260 valence electrons. The van der Waals surface area contributed by atoms with E-state index in [0.717, 1.165) is 66.3 Å². The number of carbonyl (C=O) groups excluding carboxylic acids is 2. The first-order valence-corrected chi connectivity index (χ1v) is 19.4. The number of benzene rings is 4. The predicted octanol–water partition coefficient (Wildman–Crippen LogP) is 11.9. The number of hydrogen-bond donors (Lipinski definition) is 2. The van der Waals surface area contributed by atoms with Crippen LogP contribution in [0.25, 0.3) is 32.7 Å². The van der Waals surface area contributed by atoms with E-state index in [1.54, 1.807) is 20.0 Å². The van der Waals surface area contributed by atoms with Crippen molar-refractivity contribution in [2.24, 2.45) is 10.8 Å². The maximum atomic E-state index is 13.6. The van der Waals surface area contributed by atoms with E-state index in [4.69, 9.17) is 0 Å². The number of Topliss-reactive ketones (excluding diaryl/α,β-unsaturated/α-hetero) is 2. The topological polar surface area (TPSA) is 58.2 Å². The number of rotatable bonds is 5. The van der Waals surface area contributed by atoms with Crippen LogP contribution in [0.1, 0.15) is 55.4 Å². The van der Waals surface area contributed by atoms with E-state index < -0.39 is 0 Å². The molecule has 0 aromatic heterocycles. The van der Waals surface area contributed by atoms with Gasteiger partial charge in [0, 0.05) is 57.2 Å². The van der Waals surface area contributed by atoms with E-state index in [1.807, 2.05) is 62.7 Å². The summed E-state index contributed by atoms with van der Waals surface area (Å²) in [5, 5.41) is 11.5. The summed E-state index contributed by atoms with van der Waals surface area (Å²) in [6.07, 6.45) is 11.6. The molecule has 0 aliphatic heterocycles. The molecular formula is C44H44AuClN2O2. The fourth-order valence-corrected chi connectivity index (χ4v) is 6.56. The van der Waals surface area contributed by atoms with E-state index in [0.29, 0.717) is 11.1 Å². The first-order chi connectivity index (χ1) is 23.7. The standard InChI is InChI=1S/C44H44N2O2.Au.ClH/c1-27-21-31(41(47)35(23-27)43(3,4)5)25-45-37-19-17-29-13-9-11-15-33(29)39(37)40-34-16-12-10-14-30(34)18-20-38(40)46-26-32-22-28(2)24-36(42(32)48)44(6,7)8;;/h9-26,45-46H,1-8H3;;1H/q;+1;/p-1/b31-25-,32-26-;;. The summed E-state index contributed by atoms with van der Waals surface area (Å²) in [5.41, 5.74) is 8.18. The van der Waals surface area contributed by atoms with Crippen LogP contribution in [0.5, 0.6) is 0 Å². The SMILES string of the molecule is CC1=C/C(=C/Nc2ccc3ccccc3c2-c2c(N/C=C3/C=C(C)C=C(C(C)(C)C)C3=O)ccc3ccccc23)C(=O)C(C(C)(C)C)=C1.[Cl][Au]. The third kappa shape index (κ3) is 7.75. The van der Waals surface area contributed by atoms with Crippen molar-refractivity contribution in [3.63, 3.8) is 0 Å². The summed E-state index contributed by atoms with van der Waals surface area (Å²) in [7, 11) is 4.58. The van der Waals surface area contributed by atoms with Crippen molar-refractivity contribution in [2.45, 2.75) is 55.4 Å². The number of allylic oxidation sites excluding steroid dienone is 10. The van der Waals surface area contributed by atoms with Crippen molar-refractivity contribution in [1.29, 1.82) is 0 Å². The van der Waals surface area contributed by atoms with Crippen LogP contribution in [0, 0.1) is 10.8 Å². The molecule has 4 aromatic carbocycles. The summed E-state index contributed by atoms with van der Waals surface area (Å²) in [6, 6.07) is 25.1. The van der Waals surface area contributed by atoms with Gasteiger partial charge in [-0.3, -0.25) is 9.59 Å². The van der Waals surface area contributed by atoms with Crippen molar-refractivity contribution in [3.05, 3.63) is 143 Å². The average Bonchev–Trinajstić information content (AvgIpc) is 3.08. The van der Waals surface area contributed by atoms with Gasteiger partial charge in [-0.1, -0.05) is 114 Å². The molecule has 2 aliphatic rings. The van der Waals surface area contributed by atoms with Crippen molar-refractivity contribution >= 4 is 53.7 Å². The summed E-state index contributed by atoms with van der Waals surface area (Å²) in [5.74, 6) is 0.0671. The number of nitrogens with one attached hydrogen (secondary N) is 2. The van der Waals surface area contributed by atoms with Crippen molar-refractivity contribution in [3.8, 4) is 11.1 Å². The summed E-state index contributed by atoms with van der Waals surface area (Å²) in [4.78, 5) is 27.3. The Morgan fingerprint density at radius 2 is 0.900 bits per heavy atom. The molecule has 2 N–H and O–H groups in total. The van der Waals surface area contributed by atoms with Gasteiger partial charge in [-0.2, -0.15) is 0 Å². The van der Waals surface area contributed by atoms with E-state index in [-0.39, 0.29) is 22.4 Å². The Morgan fingerprint density at radius 1 is 0.540 bits per heavy atom. The molecule has 2 aliphatic carbocycles. The number of anilines is 2. The Bertz CT molecular complexity index is 2040. The maximum absolute atomic E-state index is 13.6. The number of carbonyl (C=O) groups is 2. The van der Waals surface area contributed by atoms with Gasteiger partial charge in [0.25, 0.3) is 0 Å². The number of hydrogen-bond acceptors (Lipinski definition) is 4. The second-order valence-corrected chi connectivity index (χ2v) is 15.0. The molecular weight excluding hydrogens is 821 g/mol. The molecule has 4 aromatic rings. The van der Waals surface area contributed by atoms with E-state index in [2.05, 4.69) is 122 Å². The fraction of sp³-hybridized carbons (Fsp3) is 0.227. The van der Waals surface area contributed by atoms with Crippen LogP contribution < -0.4 is 10.6 Å². The molecule has 4 nitrogen and oxygen atoms in total. The third-order valence-electron chi connectivity index (χ3n) is 9.01. The zero-order valence-electron chi connectivity index (χ0n) is 29.9. The van der Waals surface area contributed by atoms with Gasteiger partial charge in [-0.05, 0) is 81.7 Å². The van der Waals surface area contributed by atoms with E-state index in [9.17, 15) is 9.59 Å². The van der Waals surface area contributed by atoms with Crippen LogP contribution in [0.2, 0.25) is 0 Å². The molecule has 0 atom stereocenters. The van der Waals surface area contributed by atoms with Crippen molar-refractivity contribution in [1.82, 2.24) is 0 Å². The molecule has 0 unspecified atom stereocenters. The summed E-state index contributed by atoms with van der Waals surface area (Å²) in [6.45, 7) is 16.5. The molecule has 6 rings (SSSR count). The first-order valence-electron chi connectivity index (χ1n) is 16.7. The van der Waals surface area contributed by atoms with E-state index >= 15 is 0 Å². The van der Waals surface area contributed by atoms with Gasteiger partial charge in [0.2, 0.25) is 0 Å². The first kappa shape index (κ1) is 37.1. The third-order valence-corrected chi connectivity index (χ3v) is 9.01. The predicted molar refractivity (Wildman–Crippen MR) is 209 cm³/mol. The minimum absolute atomic E-state index is 0.0336. The van der Waals surface area contributed by atoms with Gasteiger partial charge in [0.1, 0.15) is 0 Å². The van der Waals surface area contributed by atoms with Crippen molar-refractivity contribution < 1.29 is 29.6 Å². The Kier molecular flexibility index (Phi) is 11.1. The van der Waals surface area contributed by atoms with Gasteiger partial charge in [0.15, 0.2) is 11.6 Å². The minimum atomic E-state index is -0.269. The molecule has 0 bridgehead atoms. The zero-order chi connectivity index (χ0) is 36.4. The number of fused-ring (bicyclic) bond motifs is 2. The van der Waals surface area contributed by atoms with Crippen LogP contribution in [0.4, 0.5) is 11.4 Å². The van der Waals surface area contributed by atoms with Gasteiger partial charge >= 0.3 is 29.2 Å². The Hall–Kier alpha value is -4.19.